The molecule has 1 amide bonds. The number of nitrogens with zero attached hydrogens (tertiary/aromatic N) is 1. The van der Waals surface area contributed by atoms with Crippen LogP contribution in [0.5, 0.6) is 11.5 Å². The Bertz CT molecular complexity index is 677. The van der Waals surface area contributed by atoms with Crippen LogP contribution in [0.15, 0.2) is 17.8 Å². The van der Waals surface area contributed by atoms with Gasteiger partial charge in [-0.3, -0.25) is 4.79 Å². The van der Waals surface area contributed by atoms with Crippen molar-refractivity contribution >= 4 is 17.8 Å². The molecule has 0 spiro atoms. The quantitative estimate of drug-likeness (QED) is 0.779. The Morgan fingerprint density at radius 1 is 1.14 bits per heavy atom. The van der Waals surface area contributed by atoms with Gasteiger partial charge in [-0.05, 0) is 41.7 Å². The molecule has 1 saturated heterocycles. The molecule has 0 bridgehead atoms. The summed E-state index contributed by atoms with van der Waals surface area (Å²) in [5.41, 5.74) is 4.11. The number of fused-ring (bicyclic) bond motifs is 3. The summed E-state index contributed by atoms with van der Waals surface area (Å²) in [6.07, 6.45) is 3.26. The van der Waals surface area contributed by atoms with E-state index >= 15 is 0 Å². The molecule has 0 radical (unpaired) electrons. The lowest BCUT2D eigenvalue weighted by Crippen LogP contribution is -2.25. The zero-order valence-electron chi connectivity index (χ0n) is 11.6. The molecule has 1 aromatic rings. The summed E-state index contributed by atoms with van der Waals surface area (Å²) < 4.78 is 10.9. The number of hydrogen-bond donors (Lipinski definition) is 0. The molecule has 3 aliphatic heterocycles. The third-order valence-electron chi connectivity index (χ3n) is 4.37. The molecule has 0 unspecified atom stereocenters. The van der Waals surface area contributed by atoms with E-state index in [1.54, 1.807) is 0 Å². The first-order valence-electron chi connectivity index (χ1n) is 7.17. The second-order valence-corrected chi connectivity index (χ2v) is 5.45. The molecule has 3 aliphatic rings. The van der Waals surface area contributed by atoms with Crippen molar-refractivity contribution in [2.45, 2.75) is 25.7 Å². The molecule has 0 atom stereocenters. The van der Waals surface area contributed by atoms with E-state index in [2.05, 4.69) is 0 Å². The van der Waals surface area contributed by atoms with E-state index < -0.39 is 0 Å². The SMILES string of the molecule is O=CCC1=C2CCC(=O)N2CCc2cc3c(cc21)OCO3. The van der Waals surface area contributed by atoms with E-state index in [-0.39, 0.29) is 12.7 Å². The number of hydrogen-bond acceptors (Lipinski definition) is 4. The summed E-state index contributed by atoms with van der Waals surface area (Å²) in [5, 5.41) is 0. The molecule has 108 valence electrons. The molecule has 0 N–H and O–H groups in total. The van der Waals surface area contributed by atoms with Gasteiger partial charge in [-0.25, -0.2) is 0 Å². The smallest absolute Gasteiger partial charge is 0.231 e. The minimum absolute atomic E-state index is 0.154. The van der Waals surface area contributed by atoms with Crippen LogP contribution in [0.2, 0.25) is 0 Å². The van der Waals surface area contributed by atoms with Gasteiger partial charge in [-0.2, -0.15) is 0 Å². The number of rotatable bonds is 2. The summed E-state index contributed by atoms with van der Waals surface area (Å²) in [5.74, 6) is 1.62. The van der Waals surface area contributed by atoms with Crippen LogP contribution in [0.4, 0.5) is 0 Å². The van der Waals surface area contributed by atoms with Gasteiger partial charge in [0.15, 0.2) is 11.5 Å². The summed E-state index contributed by atoms with van der Waals surface area (Å²) in [7, 11) is 0. The van der Waals surface area contributed by atoms with E-state index in [0.717, 1.165) is 53.0 Å². The first-order chi connectivity index (χ1) is 10.3. The standard InChI is InChI=1S/C16H15NO4/c18-6-4-11-12-8-15-14(20-9-21-15)7-10(12)3-5-17-13(11)1-2-16(17)19/h6-8H,1-5,9H2. The predicted octanol–water partition coefficient (Wildman–Crippen LogP) is 1.89. The van der Waals surface area contributed by atoms with Gasteiger partial charge in [-0.1, -0.05) is 0 Å². The fourth-order valence-corrected chi connectivity index (χ4v) is 3.39. The van der Waals surface area contributed by atoms with E-state index in [4.69, 9.17) is 9.47 Å². The van der Waals surface area contributed by atoms with E-state index in [0.29, 0.717) is 19.4 Å². The highest BCUT2D eigenvalue weighted by Crippen LogP contribution is 2.42. The Labute approximate surface area is 122 Å². The Kier molecular flexibility index (Phi) is 2.74. The average molecular weight is 285 g/mol. The third-order valence-corrected chi connectivity index (χ3v) is 4.37. The third kappa shape index (κ3) is 1.84. The highest BCUT2D eigenvalue weighted by Gasteiger charge is 2.32. The molecule has 0 saturated carbocycles. The van der Waals surface area contributed by atoms with Crippen molar-refractivity contribution in [1.29, 1.82) is 0 Å². The van der Waals surface area contributed by atoms with E-state index in [9.17, 15) is 9.59 Å². The first-order valence-corrected chi connectivity index (χ1v) is 7.17. The maximum absolute atomic E-state index is 12.0. The monoisotopic (exact) mass is 285 g/mol. The van der Waals surface area contributed by atoms with Crippen LogP contribution in [0, 0.1) is 0 Å². The topological polar surface area (TPSA) is 55.8 Å². The molecule has 1 fully saturated rings. The Morgan fingerprint density at radius 2 is 1.95 bits per heavy atom. The Balaban J connectivity index is 1.90. The minimum atomic E-state index is 0.154. The zero-order chi connectivity index (χ0) is 14.4. The molecule has 3 heterocycles. The van der Waals surface area contributed by atoms with Crippen molar-refractivity contribution in [3.63, 3.8) is 0 Å². The maximum atomic E-state index is 12.0. The summed E-state index contributed by atoms with van der Waals surface area (Å²) >= 11 is 0. The van der Waals surface area contributed by atoms with Gasteiger partial charge < -0.3 is 19.2 Å². The fourth-order valence-electron chi connectivity index (χ4n) is 3.39. The van der Waals surface area contributed by atoms with Crippen molar-refractivity contribution in [2.75, 3.05) is 13.3 Å². The van der Waals surface area contributed by atoms with Gasteiger partial charge in [0, 0.05) is 25.1 Å². The number of allylic oxidation sites excluding steroid dienone is 2. The van der Waals surface area contributed by atoms with Crippen LogP contribution in [-0.2, 0) is 16.0 Å². The summed E-state index contributed by atoms with van der Waals surface area (Å²) in [4.78, 5) is 25.0. The first kappa shape index (κ1) is 12.4. The van der Waals surface area contributed by atoms with Crippen LogP contribution in [-0.4, -0.2) is 30.4 Å². The lowest BCUT2D eigenvalue weighted by Gasteiger charge is -2.17. The summed E-state index contributed by atoms with van der Waals surface area (Å²) in [6, 6.07) is 3.94. The number of carbonyl (C=O) groups is 2. The van der Waals surface area contributed by atoms with Gasteiger partial charge >= 0.3 is 0 Å². The molecule has 5 nitrogen and oxygen atoms in total. The second-order valence-electron chi connectivity index (χ2n) is 5.45. The second kappa shape index (κ2) is 4.62. The molecule has 0 aliphatic carbocycles. The number of ether oxygens (including phenoxy) is 2. The number of benzene rings is 1. The van der Waals surface area contributed by atoms with Gasteiger partial charge in [0.1, 0.15) is 6.29 Å². The highest BCUT2D eigenvalue weighted by atomic mass is 16.7. The van der Waals surface area contributed by atoms with Crippen molar-refractivity contribution < 1.29 is 19.1 Å². The Morgan fingerprint density at radius 3 is 2.76 bits per heavy atom. The van der Waals surface area contributed by atoms with Crippen molar-refractivity contribution in [3.05, 3.63) is 29.0 Å². The van der Waals surface area contributed by atoms with Crippen LogP contribution in [0.25, 0.3) is 5.57 Å². The highest BCUT2D eigenvalue weighted by molar-refractivity contribution is 5.89. The van der Waals surface area contributed by atoms with Crippen molar-refractivity contribution in [3.8, 4) is 11.5 Å². The molecular formula is C16H15NO4. The average Bonchev–Trinajstić information content (AvgIpc) is 3.04. The van der Waals surface area contributed by atoms with Crippen molar-refractivity contribution in [2.24, 2.45) is 0 Å². The van der Waals surface area contributed by atoms with Gasteiger partial charge in [0.25, 0.3) is 0 Å². The summed E-state index contributed by atoms with van der Waals surface area (Å²) in [6.45, 7) is 0.908. The van der Waals surface area contributed by atoms with Crippen LogP contribution < -0.4 is 9.47 Å². The molecule has 0 aromatic heterocycles. The van der Waals surface area contributed by atoms with Gasteiger partial charge in [-0.15, -0.1) is 0 Å². The van der Waals surface area contributed by atoms with E-state index in [1.807, 2.05) is 17.0 Å². The lowest BCUT2D eigenvalue weighted by atomic mass is 9.94. The van der Waals surface area contributed by atoms with E-state index in [1.165, 1.54) is 0 Å². The largest absolute Gasteiger partial charge is 0.454 e. The fraction of sp³-hybridized carbons (Fsp3) is 0.375. The normalized spacial score (nSPS) is 19.4. The zero-order valence-corrected chi connectivity index (χ0v) is 11.6. The molecule has 1 aromatic carbocycles. The van der Waals surface area contributed by atoms with Crippen molar-refractivity contribution in [1.82, 2.24) is 4.90 Å². The molecule has 5 heteroatoms. The van der Waals surface area contributed by atoms with Gasteiger partial charge in [0.2, 0.25) is 12.7 Å². The Hall–Kier alpha value is -2.30. The predicted molar refractivity (Wildman–Crippen MR) is 74.8 cm³/mol. The molecular weight excluding hydrogens is 270 g/mol. The number of carbonyl (C=O) groups excluding carboxylic acids is 2. The van der Waals surface area contributed by atoms with Crippen LogP contribution >= 0.6 is 0 Å². The van der Waals surface area contributed by atoms with Gasteiger partial charge in [0.05, 0.1) is 0 Å². The number of amides is 1. The number of aldehydes is 1. The minimum Gasteiger partial charge on any atom is -0.454 e. The van der Waals surface area contributed by atoms with Crippen LogP contribution in [0.1, 0.15) is 30.4 Å². The molecule has 4 rings (SSSR count). The molecule has 21 heavy (non-hydrogen) atoms. The van der Waals surface area contributed by atoms with Crippen LogP contribution in [0.3, 0.4) is 0 Å². The maximum Gasteiger partial charge on any atom is 0.231 e. The lowest BCUT2D eigenvalue weighted by molar-refractivity contribution is -0.126.